The zero-order valence-electron chi connectivity index (χ0n) is 33.5. The second kappa shape index (κ2) is 11.2. The van der Waals surface area contributed by atoms with Crippen molar-refractivity contribution in [1.29, 1.82) is 0 Å². The molecule has 0 bridgehead atoms. The average Bonchev–Trinajstić information content (AvgIpc) is 3.27. The van der Waals surface area contributed by atoms with Crippen LogP contribution in [0.2, 0.25) is 0 Å². The topological polar surface area (TPSA) is 28.6 Å². The molecule has 59 heavy (non-hydrogen) atoms. The summed E-state index contributed by atoms with van der Waals surface area (Å²) in [4.78, 5) is 9.46. The number of nitrogens with zero attached hydrogens (tertiary/aromatic N) is 3. The minimum atomic E-state index is -0.604. The highest BCUT2D eigenvalue weighted by Crippen LogP contribution is 2.64. The highest BCUT2D eigenvalue weighted by Gasteiger charge is 2.54. The van der Waals surface area contributed by atoms with Crippen molar-refractivity contribution in [2.75, 3.05) is 9.80 Å². The fraction of sp³-hybridized carbons (Fsp3) is 0.130. The van der Waals surface area contributed by atoms with E-state index in [2.05, 4.69) is 194 Å². The monoisotopic (exact) mass is 757 g/mol. The molecule has 0 saturated heterocycles. The highest BCUT2D eigenvalue weighted by molar-refractivity contribution is 6.99. The van der Waals surface area contributed by atoms with Crippen molar-refractivity contribution in [3.63, 3.8) is 0 Å². The molecule has 8 aromatic rings. The summed E-state index contributed by atoms with van der Waals surface area (Å²) < 4.78 is 7.16. The van der Waals surface area contributed by atoms with Crippen LogP contribution >= 0.6 is 0 Å². The lowest BCUT2D eigenvalue weighted by atomic mass is 9.26. The number of pyridine rings is 1. The Kier molecular flexibility index (Phi) is 6.30. The molecule has 0 amide bonds. The molecule has 4 nitrogen and oxygen atoms in total. The molecule has 13 rings (SSSR count). The number of anilines is 6. The van der Waals surface area contributed by atoms with Gasteiger partial charge < -0.3 is 14.5 Å². The van der Waals surface area contributed by atoms with Crippen molar-refractivity contribution < 1.29 is 4.74 Å². The minimum Gasteiger partial charge on any atom is -0.458 e. The summed E-state index contributed by atoms with van der Waals surface area (Å²) in [7, 11) is 0. The largest absolute Gasteiger partial charge is 0.458 e. The van der Waals surface area contributed by atoms with Crippen LogP contribution in [0.5, 0.6) is 11.5 Å². The number of aromatic nitrogens is 1. The third-order valence-electron chi connectivity index (χ3n) is 14.4. The molecule has 1 spiro atoms. The summed E-state index contributed by atoms with van der Waals surface area (Å²) in [5, 5.41) is 0. The van der Waals surface area contributed by atoms with Crippen LogP contribution in [-0.2, 0) is 16.2 Å². The summed E-state index contributed by atoms with van der Waals surface area (Å²) in [6.07, 6.45) is 3.81. The van der Waals surface area contributed by atoms with Gasteiger partial charge in [-0.25, -0.2) is 0 Å². The normalized spacial score (nSPS) is 16.9. The Hall–Kier alpha value is -6.85. The van der Waals surface area contributed by atoms with Gasteiger partial charge in [0.05, 0.1) is 45.7 Å². The van der Waals surface area contributed by atoms with Gasteiger partial charge in [0.25, 0.3) is 6.71 Å². The average molecular weight is 758 g/mol. The molecule has 280 valence electrons. The zero-order chi connectivity index (χ0) is 39.4. The molecule has 5 aliphatic heterocycles. The van der Waals surface area contributed by atoms with Crippen molar-refractivity contribution >= 4 is 57.2 Å². The van der Waals surface area contributed by atoms with Crippen LogP contribution in [-0.4, -0.2) is 11.7 Å². The van der Waals surface area contributed by atoms with Gasteiger partial charge in [-0.15, -0.1) is 0 Å². The Bertz CT molecular complexity index is 3030. The van der Waals surface area contributed by atoms with E-state index in [4.69, 9.17) is 4.74 Å². The van der Waals surface area contributed by atoms with Gasteiger partial charge in [-0.3, -0.25) is 4.98 Å². The number of hydrogen-bond acceptors (Lipinski definition) is 4. The lowest BCUT2D eigenvalue weighted by Gasteiger charge is -2.51. The minimum absolute atomic E-state index is 0.128. The first-order valence-corrected chi connectivity index (χ1v) is 20.8. The SMILES string of the molecule is CC1(C)c2cccc3c2B2c4c(cc(N5c6ccccc6C6(c7ccccc7N(c7cccnc7)c7ccccc76)c6ccccc65)cc4C(C)(C)c4cccc1c42)O3. The maximum absolute atomic E-state index is 7.16. The molecule has 0 atom stereocenters. The van der Waals surface area contributed by atoms with Crippen molar-refractivity contribution in [1.82, 2.24) is 4.98 Å². The van der Waals surface area contributed by atoms with E-state index in [1.54, 1.807) is 0 Å². The van der Waals surface area contributed by atoms with Crippen LogP contribution in [0.3, 0.4) is 0 Å². The third-order valence-corrected chi connectivity index (χ3v) is 14.4. The van der Waals surface area contributed by atoms with Crippen molar-refractivity contribution in [2.45, 2.75) is 43.9 Å². The molecule has 6 heterocycles. The molecule has 5 heteroatoms. The van der Waals surface area contributed by atoms with E-state index >= 15 is 0 Å². The number of rotatable bonds is 2. The standard InChI is InChI=1S/C54H40BN3O/c1-52(2)39-21-13-22-40-49(39)55-50-41(52)23-14-28-47(50)59-48-31-34(30-42(51(48)55)53(40,3)4)58-45-26-11-7-19-37(45)54(38-20-8-12-27-46(38)58)35-17-5-9-24-43(35)57(33-16-15-29-56-32-33)44-25-10-6-18-36(44)54/h5-32H,1-4H3. The number of ether oxygens (including phenoxy) is 1. The van der Waals surface area contributed by atoms with E-state index < -0.39 is 5.41 Å². The number of hydrogen-bond donors (Lipinski definition) is 0. The third kappa shape index (κ3) is 3.94. The molecular weight excluding hydrogens is 717 g/mol. The summed E-state index contributed by atoms with van der Waals surface area (Å²) >= 11 is 0. The van der Waals surface area contributed by atoms with Gasteiger partial charge in [0.15, 0.2) is 0 Å². The van der Waals surface area contributed by atoms with E-state index in [-0.39, 0.29) is 17.5 Å². The van der Waals surface area contributed by atoms with Gasteiger partial charge in [-0.1, -0.05) is 136 Å². The van der Waals surface area contributed by atoms with Gasteiger partial charge in [0.1, 0.15) is 11.5 Å². The molecule has 0 fully saturated rings. The lowest BCUT2D eigenvalue weighted by molar-refractivity contribution is 0.481. The molecule has 7 aromatic carbocycles. The summed E-state index contributed by atoms with van der Waals surface area (Å²) in [6.45, 7) is 9.72. The van der Waals surface area contributed by atoms with E-state index in [1.165, 1.54) is 60.9 Å². The fourth-order valence-corrected chi connectivity index (χ4v) is 12.0. The maximum Gasteiger partial charge on any atom is 0.252 e. The Balaban J connectivity index is 1.09. The van der Waals surface area contributed by atoms with Crippen molar-refractivity contribution in [2.24, 2.45) is 0 Å². The quantitative estimate of drug-likeness (QED) is 0.164. The predicted octanol–water partition coefficient (Wildman–Crippen LogP) is 10.9. The van der Waals surface area contributed by atoms with Crippen molar-refractivity contribution in [3.8, 4) is 11.5 Å². The van der Waals surface area contributed by atoms with Crippen molar-refractivity contribution in [3.05, 3.63) is 215 Å². The maximum atomic E-state index is 7.16. The van der Waals surface area contributed by atoms with Gasteiger partial charge in [-0.05, 0) is 104 Å². The molecule has 0 aliphatic carbocycles. The fourth-order valence-electron chi connectivity index (χ4n) is 12.0. The van der Waals surface area contributed by atoms with Crippen LogP contribution in [0, 0.1) is 0 Å². The first-order chi connectivity index (χ1) is 28.8. The summed E-state index contributed by atoms with van der Waals surface area (Å²) in [5.41, 5.74) is 20.4. The Morgan fingerprint density at radius 2 is 0.881 bits per heavy atom. The van der Waals surface area contributed by atoms with E-state index in [9.17, 15) is 0 Å². The van der Waals surface area contributed by atoms with Crippen LogP contribution in [0.4, 0.5) is 34.1 Å². The van der Waals surface area contributed by atoms with E-state index in [1.807, 2.05) is 18.5 Å². The highest BCUT2D eigenvalue weighted by atomic mass is 16.5. The molecule has 0 radical (unpaired) electrons. The van der Waals surface area contributed by atoms with Gasteiger partial charge in [0, 0.05) is 23.1 Å². The molecule has 0 N–H and O–H groups in total. The summed E-state index contributed by atoms with van der Waals surface area (Å²) in [5.74, 6) is 1.93. The number of para-hydroxylation sites is 4. The molecule has 5 aliphatic rings. The Morgan fingerprint density at radius 1 is 0.424 bits per heavy atom. The second-order valence-corrected chi connectivity index (χ2v) is 17.9. The Labute approximate surface area is 345 Å². The smallest absolute Gasteiger partial charge is 0.252 e. The molecule has 0 saturated carbocycles. The summed E-state index contributed by atoms with van der Waals surface area (Å²) in [6, 6.07) is 58.8. The molecular formula is C54H40BN3O. The first kappa shape index (κ1) is 33.2. The predicted molar refractivity (Wildman–Crippen MR) is 241 cm³/mol. The lowest BCUT2D eigenvalue weighted by Crippen LogP contribution is -2.68. The number of fused-ring (bicyclic) bond motifs is 8. The van der Waals surface area contributed by atoms with Crippen LogP contribution < -0.4 is 30.9 Å². The number of benzene rings is 7. The van der Waals surface area contributed by atoms with E-state index in [0.717, 1.165) is 45.6 Å². The zero-order valence-corrected chi connectivity index (χ0v) is 33.5. The van der Waals surface area contributed by atoms with Gasteiger partial charge in [0.2, 0.25) is 0 Å². The molecule has 1 aromatic heterocycles. The van der Waals surface area contributed by atoms with Crippen LogP contribution in [0.15, 0.2) is 170 Å². The molecule has 0 unspecified atom stereocenters. The van der Waals surface area contributed by atoms with Crippen LogP contribution in [0.1, 0.15) is 72.2 Å². The van der Waals surface area contributed by atoms with Gasteiger partial charge in [-0.2, -0.15) is 0 Å². The van der Waals surface area contributed by atoms with Gasteiger partial charge >= 0.3 is 0 Å². The van der Waals surface area contributed by atoms with E-state index in [0.29, 0.717) is 0 Å². The van der Waals surface area contributed by atoms with Crippen LogP contribution in [0.25, 0.3) is 0 Å². The Morgan fingerprint density at radius 3 is 1.42 bits per heavy atom. The second-order valence-electron chi connectivity index (χ2n) is 17.9. The first-order valence-electron chi connectivity index (χ1n) is 20.8.